The number of nitrogens with zero attached hydrogens (tertiary/aromatic N) is 2. The minimum atomic E-state index is 0.195. The Balaban J connectivity index is 1.25. The molecule has 0 spiro atoms. The number of aryl methyl sites for hydroxylation is 1. The largest absolute Gasteiger partial charge is 0.356 e. The van der Waals surface area contributed by atoms with Gasteiger partial charge in [0, 0.05) is 25.6 Å². The molecular formula is C21H31N3OS. The molecule has 0 radical (unpaired) electrons. The van der Waals surface area contributed by atoms with Crippen LogP contribution in [0.25, 0.3) is 10.2 Å². The predicted octanol–water partition coefficient (Wildman–Crippen LogP) is 4.39. The minimum absolute atomic E-state index is 0.195. The second kappa shape index (κ2) is 10.0. The number of likely N-dealkylation sites (tertiary alicyclic amines) is 1. The Kier molecular flexibility index (Phi) is 7.44. The highest BCUT2D eigenvalue weighted by Gasteiger charge is 2.17. The van der Waals surface area contributed by atoms with E-state index >= 15 is 0 Å². The normalized spacial score (nSPS) is 18.3. The van der Waals surface area contributed by atoms with Crippen molar-refractivity contribution >= 4 is 27.5 Å². The number of carbonyl (C=O) groups is 1. The summed E-state index contributed by atoms with van der Waals surface area (Å²) in [6, 6.07) is 8.98. The summed E-state index contributed by atoms with van der Waals surface area (Å²) in [6.07, 6.45) is 8.63. The van der Waals surface area contributed by atoms with E-state index in [0.29, 0.717) is 12.5 Å². The van der Waals surface area contributed by atoms with Crippen molar-refractivity contribution in [2.45, 2.75) is 64.3 Å². The highest BCUT2D eigenvalue weighted by molar-refractivity contribution is 7.18. The highest BCUT2D eigenvalue weighted by Crippen LogP contribution is 2.22. The first-order valence-corrected chi connectivity index (χ1v) is 10.9. The van der Waals surface area contributed by atoms with E-state index in [-0.39, 0.29) is 5.91 Å². The van der Waals surface area contributed by atoms with Crippen LogP contribution in [-0.2, 0) is 11.2 Å². The lowest BCUT2D eigenvalue weighted by Crippen LogP contribution is -2.39. The zero-order chi connectivity index (χ0) is 18.2. The summed E-state index contributed by atoms with van der Waals surface area (Å²) in [5, 5.41) is 4.26. The van der Waals surface area contributed by atoms with Crippen LogP contribution in [0.3, 0.4) is 0 Å². The molecule has 142 valence electrons. The molecule has 1 fully saturated rings. The molecule has 5 heteroatoms. The van der Waals surface area contributed by atoms with Crippen molar-refractivity contribution in [3.8, 4) is 0 Å². The molecule has 1 aromatic carbocycles. The summed E-state index contributed by atoms with van der Waals surface area (Å²) in [7, 11) is 0. The van der Waals surface area contributed by atoms with Crippen LogP contribution in [0.5, 0.6) is 0 Å². The van der Waals surface area contributed by atoms with Crippen molar-refractivity contribution in [1.82, 2.24) is 15.2 Å². The van der Waals surface area contributed by atoms with Gasteiger partial charge in [0.15, 0.2) is 0 Å². The number of aromatic nitrogens is 1. The maximum atomic E-state index is 12.0. The zero-order valence-corrected chi connectivity index (χ0v) is 16.7. The van der Waals surface area contributed by atoms with Crippen LogP contribution in [0.15, 0.2) is 24.3 Å². The summed E-state index contributed by atoms with van der Waals surface area (Å²) in [6.45, 7) is 5.46. The van der Waals surface area contributed by atoms with E-state index in [4.69, 9.17) is 0 Å². The average molecular weight is 374 g/mol. The maximum Gasteiger partial charge on any atom is 0.219 e. The molecule has 2 aromatic rings. The highest BCUT2D eigenvalue weighted by atomic mass is 32.1. The number of fused-ring (bicyclic) bond motifs is 1. The fourth-order valence-corrected chi connectivity index (χ4v) is 4.69. The van der Waals surface area contributed by atoms with Crippen molar-refractivity contribution in [2.75, 3.05) is 19.6 Å². The molecule has 4 nitrogen and oxygen atoms in total. The van der Waals surface area contributed by atoms with Crippen molar-refractivity contribution in [3.05, 3.63) is 29.3 Å². The Morgan fingerprint density at radius 1 is 1.27 bits per heavy atom. The quantitative estimate of drug-likeness (QED) is 0.663. The van der Waals surface area contributed by atoms with Crippen molar-refractivity contribution in [3.63, 3.8) is 0 Å². The number of benzene rings is 1. The number of para-hydroxylation sites is 1. The number of piperidine rings is 1. The molecule has 0 saturated carbocycles. The van der Waals surface area contributed by atoms with Crippen molar-refractivity contribution < 1.29 is 4.79 Å². The van der Waals surface area contributed by atoms with Crippen LogP contribution in [0.2, 0.25) is 0 Å². The molecule has 2 heterocycles. The number of rotatable bonds is 9. The van der Waals surface area contributed by atoms with Crippen LogP contribution in [0.1, 0.15) is 56.9 Å². The molecule has 3 rings (SSSR count). The van der Waals surface area contributed by atoms with Gasteiger partial charge in [0.2, 0.25) is 5.91 Å². The van der Waals surface area contributed by atoms with Gasteiger partial charge in [-0.2, -0.15) is 0 Å². The smallest absolute Gasteiger partial charge is 0.219 e. The van der Waals surface area contributed by atoms with Crippen LogP contribution >= 0.6 is 11.3 Å². The van der Waals surface area contributed by atoms with Crippen LogP contribution < -0.4 is 5.32 Å². The molecule has 1 amide bonds. The number of hydrogen-bond acceptors (Lipinski definition) is 4. The lowest BCUT2D eigenvalue weighted by atomic mass is 10.0. The fourth-order valence-electron chi connectivity index (χ4n) is 3.68. The molecule has 1 saturated heterocycles. The fraction of sp³-hybridized carbons (Fsp3) is 0.619. The summed E-state index contributed by atoms with van der Waals surface area (Å²) < 4.78 is 1.25. The molecule has 1 unspecified atom stereocenters. The predicted molar refractivity (Wildman–Crippen MR) is 110 cm³/mol. The van der Waals surface area contributed by atoms with E-state index in [9.17, 15) is 4.79 Å². The van der Waals surface area contributed by atoms with E-state index in [0.717, 1.165) is 44.3 Å². The Hall–Kier alpha value is -1.46. The number of unbranched alkanes of at least 4 members (excludes halogenated alkanes) is 1. The zero-order valence-electron chi connectivity index (χ0n) is 15.9. The van der Waals surface area contributed by atoms with E-state index in [2.05, 4.69) is 40.3 Å². The van der Waals surface area contributed by atoms with Crippen molar-refractivity contribution in [2.24, 2.45) is 0 Å². The molecule has 1 aliphatic heterocycles. The Bertz CT molecular complexity index is 666. The maximum absolute atomic E-state index is 12.0. The number of hydrogen-bond donors (Lipinski definition) is 1. The summed E-state index contributed by atoms with van der Waals surface area (Å²) in [4.78, 5) is 19.2. The summed E-state index contributed by atoms with van der Waals surface area (Å²) in [5.41, 5.74) is 1.09. The van der Waals surface area contributed by atoms with Crippen LogP contribution in [0.4, 0.5) is 0 Å². The number of nitrogens with one attached hydrogen (secondary N) is 1. The van der Waals surface area contributed by atoms with Gasteiger partial charge in [0.25, 0.3) is 0 Å². The van der Waals surface area contributed by atoms with Gasteiger partial charge in [0.05, 0.1) is 15.2 Å². The second-order valence-electron chi connectivity index (χ2n) is 7.37. The topological polar surface area (TPSA) is 45.2 Å². The van der Waals surface area contributed by atoms with E-state index < -0.39 is 0 Å². The molecule has 1 atom stereocenters. The number of amides is 1. The SMILES string of the molecule is CC1CCCCN1CCCNC(=O)CCCCc1nc2ccccc2s1. The molecule has 0 aliphatic carbocycles. The van der Waals surface area contributed by atoms with E-state index in [1.807, 2.05) is 6.07 Å². The van der Waals surface area contributed by atoms with Gasteiger partial charge in [-0.1, -0.05) is 18.6 Å². The Morgan fingerprint density at radius 3 is 3.00 bits per heavy atom. The third-order valence-corrected chi connectivity index (χ3v) is 6.36. The van der Waals surface area contributed by atoms with E-state index in [1.54, 1.807) is 11.3 Å². The van der Waals surface area contributed by atoms with E-state index in [1.165, 1.54) is 35.5 Å². The monoisotopic (exact) mass is 373 g/mol. The van der Waals surface area contributed by atoms with Crippen molar-refractivity contribution in [1.29, 1.82) is 0 Å². The van der Waals surface area contributed by atoms with Gasteiger partial charge in [0.1, 0.15) is 0 Å². The number of carbonyl (C=O) groups excluding carboxylic acids is 1. The van der Waals surface area contributed by atoms with Gasteiger partial charge < -0.3 is 10.2 Å². The van der Waals surface area contributed by atoms with Gasteiger partial charge >= 0.3 is 0 Å². The lowest BCUT2D eigenvalue weighted by molar-refractivity contribution is -0.121. The minimum Gasteiger partial charge on any atom is -0.356 e. The molecule has 1 N–H and O–H groups in total. The third kappa shape index (κ3) is 5.78. The first-order valence-electron chi connectivity index (χ1n) is 10.1. The van der Waals surface area contributed by atoms with Crippen LogP contribution in [0, 0.1) is 0 Å². The molecule has 1 aliphatic rings. The number of thiazole rings is 1. The molecule has 0 bridgehead atoms. The lowest BCUT2D eigenvalue weighted by Gasteiger charge is -2.33. The van der Waals surface area contributed by atoms with Crippen LogP contribution in [-0.4, -0.2) is 41.5 Å². The first-order chi connectivity index (χ1) is 12.7. The van der Waals surface area contributed by atoms with Gasteiger partial charge in [-0.3, -0.25) is 4.79 Å². The second-order valence-corrected chi connectivity index (χ2v) is 8.48. The first kappa shape index (κ1) is 19.3. The third-order valence-electron chi connectivity index (χ3n) is 5.27. The standard InChI is InChI=1S/C21H31N3OS/c1-17-9-6-7-15-24(17)16-8-14-22-20(25)12-4-5-13-21-23-18-10-2-3-11-19(18)26-21/h2-3,10-11,17H,4-9,12-16H2,1H3,(H,22,25). The van der Waals surface area contributed by atoms with Gasteiger partial charge in [-0.05, 0) is 64.1 Å². The Labute approximate surface area is 161 Å². The van der Waals surface area contributed by atoms with Gasteiger partial charge in [-0.15, -0.1) is 11.3 Å². The average Bonchev–Trinajstić information content (AvgIpc) is 3.06. The molecule has 1 aromatic heterocycles. The molecular weight excluding hydrogens is 342 g/mol. The summed E-state index contributed by atoms with van der Waals surface area (Å²) in [5.74, 6) is 0.195. The summed E-state index contributed by atoms with van der Waals surface area (Å²) >= 11 is 1.77. The molecule has 26 heavy (non-hydrogen) atoms. The van der Waals surface area contributed by atoms with Gasteiger partial charge in [-0.25, -0.2) is 4.98 Å². The Morgan fingerprint density at radius 2 is 2.15 bits per heavy atom.